The third-order valence-corrected chi connectivity index (χ3v) is 5.47. The van der Waals surface area contributed by atoms with Crippen LogP contribution in [0, 0.1) is 6.92 Å². The van der Waals surface area contributed by atoms with E-state index in [4.69, 9.17) is 39.5 Å². The van der Waals surface area contributed by atoms with E-state index in [2.05, 4.69) is 10.4 Å². The van der Waals surface area contributed by atoms with Crippen LogP contribution in [0.15, 0.2) is 24.3 Å². The minimum atomic E-state index is -0.639. The van der Waals surface area contributed by atoms with Gasteiger partial charge in [0.25, 0.3) is 0 Å². The smallest absolute Gasteiger partial charge is 0.330 e. The van der Waals surface area contributed by atoms with Crippen LogP contribution in [-0.2, 0) is 20.9 Å². The molecule has 0 spiro atoms. The average Bonchev–Trinajstić information content (AvgIpc) is 3.15. The van der Waals surface area contributed by atoms with Crippen molar-refractivity contribution in [2.45, 2.75) is 13.5 Å². The number of carbonyl (C=O) groups is 3. The van der Waals surface area contributed by atoms with E-state index < -0.39 is 12.0 Å². The van der Waals surface area contributed by atoms with Gasteiger partial charge in [-0.15, -0.1) is 0 Å². The maximum Gasteiger partial charge on any atom is 0.330 e. The van der Waals surface area contributed by atoms with E-state index >= 15 is 0 Å². The molecule has 1 saturated heterocycles. The molecule has 11 heteroatoms. The lowest BCUT2D eigenvalue weighted by atomic mass is 10.2. The quantitative estimate of drug-likeness (QED) is 0.380. The topological polar surface area (TPSA) is 93.5 Å². The third-order valence-electron chi connectivity index (χ3n) is 4.36. The number of rotatable bonds is 7. The molecular formula is C19H17Cl3N4O4. The summed E-state index contributed by atoms with van der Waals surface area (Å²) < 4.78 is 6.57. The number of nitrogens with one attached hydrogen (secondary N) is 1. The summed E-state index contributed by atoms with van der Waals surface area (Å²) in [6.07, 6.45) is 2.69. The van der Waals surface area contributed by atoms with Gasteiger partial charge in [-0.05, 0) is 25.1 Å². The highest BCUT2D eigenvalue weighted by Crippen LogP contribution is 2.28. The maximum absolute atomic E-state index is 11.9. The minimum Gasteiger partial charge on any atom is -0.461 e. The van der Waals surface area contributed by atoms with Gasteiger partial charge >= 0.3 is 12.0 Å². The van der Waals surface area contributed by atoms with Gasteiger partial charge in [-0.2, -0.15) is 5.10 Å². The molecule has 1 fully saturated rings. The van der Waals surface area contributed by atoms with Crippen LogP contribution in [0.2, 0.25) is 15.2 Å². The van der Waals surface area contributed by atoms with E-state index in [0.29, 0.717) is 32.0 Å². The normalized spacial score (nSPS) is 13.9. The zero-order valence-electron chi connectivity index (χ0n) is 15.8. The number of hydrogen-bond acceptors (Lipinski definition) is 5. The first-order valence-electron chi connectivity index (χ1n) is 8.86. The number of imide groups is 1. The van der Waals surface area contributed by atoms with Crippen molar-refractivity contribution in [1.82, 2.24) is 20.0 Å². The molecule has 1 aliphatic heterocycles. The SMILES string of the molecule is Cc1nn(Cc2c(Cl)cccc2Cl)c(Cl)c1C=CC(=O)OCCN1C(=O)CNC1=O. The van der Waals surface area contributed by atoms with E-state index in [9.17, 15) is 14.4 Å². The minimum absolute atomic E-state index is 0.0133. The molecule has 1 aliphatic rings. The van der Waals surface area contributed by atoms with Gasteiger partial charge in [-0.25, -0.2) is 14.3 Å². The number of benzene rings is 1. The van der Waals surface area contributed by atoms with E-state index in [1.54, 1.807) is 25.1 Å². The Balaban J connectivity index is 1.62. The Kier molecular flexibility index (Phi) is 7.02. The first kappa shape index (κ1) is 22.1. The number of ether oxygens (including phenoxy) is 1. The van der Waals surface area contributed by atoms with Crippen LogP contribution in [0.5, 0.6) is 0 Å². The molecule has 0 unspecified atom stereocenters. The van der Waals surface area contributed by atoms with Gasteiger partial charge in [0.15, 0.2) is 0 Å². The molecule has 8 nitrogen and oxygen atoms in total. The zero-order valence-corrected chi connectivity index (χ0v) is 18.1. The summed E-state index contributed by atoms with van der Waals surface area (Å²) in [5.74, 6) is -1.00. The van der Waals surface area contributed by atoms with Gasteiger partial charge in [-0.1, -0.05) is 40.9 Å². The second-order valence-corrected chi connectivity index (χ2v) is 7.53. The lowest BCUT2D eigenvalue weighted by Crippen LogP contribution is -2.34. The Labute approximate surface area is 187 Å². The van der Waals surface area contributed by atoms with Crippen LogP contribution in [-0.4, -0.2) is 52.3 Å². The van der Waals surface area contributed by atoms with Crippen LogP contribution in [0.3, 0.4) is 0 Å². The first-order chi connectivity index (χ1) is 14.3. The monoisotopic (exact) mass is 470 g/mol. The lowest BCUT2D eigenvalue weighted by molar-refractivity contribution is -0.139. The summed E-state index contributed by atoms with van der Waals surface area (Å²) in [4.78, 5) is 35.8. The van der Waals surface area contributed by atoms with Crippen molar-refractivity contribution < 1.29 is 19.1 Å². The lowest BCUT2D eigenvalue weighted by Gasteiger charge is -2.11. The number of aromatic nitrogens is 2. The fraction of sp³-hybridized carbons (Fsp3) is 0.263. The fourth-order valence-electron chi connectivity index (χ4n) is 2.81. The van der Waals surface area contributed by atoms with Gasteiger partial charge in [0.05, 0.1) is 25.3 Å². The summed E-state index contributed by atoms with van der Waals surface area (Å²) in [5.41, 5.74) is 1.83. The second kappa shape index (κ2) is 9.51. The highest BCUT2D eigenvalue weighted by Gasteiger charge is 2.28. The largest absolute Gasteiger partial charge is 0.461 e. The Morgan fingerprint density at radius 3 is 2.60 bits per heavy atom. The van der Waals surface area contributed by atoms with Crippen LogP contribution in [0.25, 0.3) is 6.08 Å². The fourth-order valence-corrected chi connectivity index (χ4v) is 3.63. The van der Waals surface area contributed by atoms with Crippen molar-refractivity contribution in [1.29, 1.82) is 0 Å². The van der Waals surface area contributed by atoms with E-state index in [0.717, 1.165) is 4.90 Å². The van der Waals surface area contributed by atoms with Gasteiger partial charge in [0.1, 0.15) is 11.8 Å². The summed E-state index contributed by atoms with van der Waals surface area (Å²) in [7, 11) is 0. The second-order valence-electron chi connectivity index (χ2n) is 6.35. The van der Waals surface area contributed by atoms with Crippen molar-refractivity contribution in [3.8, 4) is 0 Å². The Bertz CT molecular complexity index is 999. The number of amides is 3. The molecule has 1 N–H and O–H groups in total. The number of nitrogens with zero attached hydrogens (tertiary/aromatic N) is 3. The molecule has 3 rings (SSSR count). The molecule has 2 heterocycles. The van der Waals surface area contributed by atoms with Crippen molar-refractivity contribution in [3.63, 3.8) is 0 Å². The zero-order chi connectivity index (χ0) is 21.8. The summed E-state index contributed by atoms with van der Waals surface area (Å²) in [6, 6.07) is 4.70. The Morgan fingerprint density at radius 2 is 1.97 bits per heavy atom. The average molecular weight is 472 g/mol. The molecule has 2 aromatic rings. The van der Waals surface area contributed by atoms with Gasteiger partial charge in [-0.3, -0.25) is 9.69 Å². The number of aryl methyl sites for hydroxylation is 1. The summed E-state index contributed by atoms with van der Waals surface area (Å²) in [6.45, 7) is 1.84. The van der Waals surface area contributed by atoms with Crippen molar-refractivity contribution in [2.24, 2.45) is 0 Å². The molecule has 0 radical (unpaired) electrons. The van der Waals surface area contributed by atoms with Crippen molar-refractivity contribution in [2.75, 3.05) is 19.7 Å². The van der Waals surface area contributed by atoms with Gasteiger partial charge < -0.3 is 10.1 Å². The number of halogens is 3. The predicted molar refractivity (Wildman–Crippen MR) is 113 cm³/mol. The Morgan fingerprint density at radius 1 is 1.27 bits per heavy atom. The first-order valence-corrected chi connectivity index (χ1v) is 10.00. The van der Waals surface area contributed by atoms with E-state index in [1.165, 1.54) is 16.8 Å². The highest BCUT2D eigenvalue weighted by molar-refractivity contribution is 6.36. The van der Waals surface area contributed by atoms with Crippen LogP contribution in [0.4, 0.5) is 4.79 Å². The number of urea groups is 1. The van der Waals surface area contributed by atoms with E-state index in [1.807, 2.05) is 0 Å². The summed E-state index contributed by atoms with van der Waals surface area (Å²) in [5, 5.41) is 8.07. The van der Waals surface area contributed by atoms with Crippen molar-refractivity contribution >= 4 is 58.8 Å². The Hall–Kier alpha value is -2.55. The number of esters is 1. The maximum atomic E-state index is 11.9. The molecule has 0 bridgehead atoms. The number of hydrogen-bond donors (Lipinski definition) is 1. The predicted octanol–water partition coefficient (Wildman–Crippen LogP) is 3.31. The number of carbonyl (C=O) groups excluding carboxylic acids is 3. The van der Waals surface area contributed by atoms with Crippen molar-refractivity contribution in [3.05, 3.63) is 56.3 Å². The third kappa shape index (κ3) is 4.95. The van der Waals surface area contributed by atoms with Gasteiger partial charge in [0.2, 0.25) is 5.91 Å². The standard InChI is InChI=1S/C19H17Cl3N4O4/c1-11-12(5-6-17(28)30-8-7-25-16(27)9-23-19(25)29)18(22)26(24-11)10-13-14(20)3-2-4-15(13)21/h2-6H,7-10H2,1H3,(H,23,29). The molecule has 0 aliphatic carbocycles. The molecule has 158 valence electrons. The molecule has 0 saturated carbocycles. The van der Waals surface area contributed by atoms with E-state index in [-0.39, 0.29) is 32.1 Å². The van der Waals surface area contributed by atoms with Crippen LogP contribution < -0.4 is 5.32 Å². The molecule has 0 atom stereocenters. The summed E-state index contributed by atoms with van der Waals surface area (Å²) >= 11 is 18.8. The molecule has 3 amide bonds. The molecule has 1 aromatic heterocycles. The van der Waals surface area contributed by atoms with Crippen LogP contribution >= 0.6 is 34.8 Å². The van der Waals surface area contributed by atoms with Crippen LogP contribution in [0.1, 0.15) is 16.8 Å². The van der Waals surface area contributed by atoms with Gasteiger partial charge in [0, 0.05) is 27.2 Å². The molecule has 30 heavy (non-hydrogen) atoms. The molecular weight excluding hydrogens is 455 g/mol. The highest BCUT2D eigenvalue weighted by atomic mass is 35.5. The molecule has 1 aromatic carbocycles.